The van der Waals surface area contributed by atoms with E-state index in [0.29, 0.717) is 26.9 Å². The normalized spacial score (nSPS) is 11.8. The van der Waals surface area contributed by atoms with Crippen LogP contribution in [0.15, 0.2) is 41.3 Å². The maximum Gasteiger partial charge on any atom is 0.0992 e. The lowest BCUT2D eigenvalue weighted by molar-refractivity contribution is 0.682. The summed E-state index contributed by atoms with van der Waals surface area (Å²) in [4.78, 5) is 0.713. The maximum atomic E-state index is 12.4. The number of rotatable bonds is 3. The first-order valence-corrected chi connectivity index (χ1v) is 7.64. The third-order valence-electron chi connectivity index (χ3n) is 3.04. The molecule has 1 unspecified atom stereocenters. The van der Waals surface area contributed by atoms with Gasteiger partial charge in [0.25, 0.3) is 0 Å². The van der Waals surface area contributed by atoms with Gasteiger partial charge in [0.2, 0.25) is 0 Å². The van der Waals surface area contributed by atoms with Crippen LogP contribution < -0.4 is 5.73 Å². The Bertz CT molecular complexity index is 722. The van der Waals surface area contributed by atoms with E-state index in [4.69, 9.17) is 22.6 Å². The largest absolute Gasteiger partial charge is 0.398 e. The van der Waals surface area contributed by atoms with Crippen LogP contribution in [-0.2, 0) is 16.6 Å². The molecule has 0 spiro atoms. The summed E-state index contributed by atoms with van der Waals surface area (Å²) >= 11 is 6.10. The average Bonchev–Trinajstić information content (AvgIpc) is 2.44. The van der Waals surface area contributed by atoms with Gasteiger partial charge in [-0.2, -0.15) is 5.26 Å². The molecule has 2 N–H and O–H groups in total. The summed E-state index contributed by atoms with van der Waals surface area (Å²) in [7, 11) is -1.22. The molecule has 2 aromatic rings. The standard InChI is InChI=1S/C15H13ClN2OS/c1-10-14(18)3-2-4-15(10)20(19)9-12-6-5-11(8-17)7-13(12)16/h2-7H,9,18H2,1H3. The van der Waals surface area contributed by atoms with Crippen LogP contribution in [0, 0.1) is 18.3 Å². The minimum absolute atomic E-state index is 0.300. The van der Waals surface area contributed by atoms with Crippen molar-refractivity contribution in [2.24, 2.45) is 0 Å². The van der Waals surface area contributed by atoms with Crippen LogP contribution >= 0.6 is 11.6 Å². The van der Waals surface area contributed by atoms with Gasteiger partial charge < -0.3 is 5.73 Å². The van der Waals surface area contributed by atoms with Gasteiger partial charge >= 0.3 is 0 Å². The fourth-order valence-corrected chi connectivity index (χ4v) is 3.54. The molecule has 3 nitrogen and oxygen atoms in total. The zero-order valence-electron chi connectivity index (χ0n) is 10.9. The van der Waals surface area contributed by atoms with E-state index in [-0.39, 0.29) is 0 Å². The topological polar surface area (TPSA) is 66.9 Å². The number of benzene rings is 2. The third-order valence-corrected chi connectivity index (χ3v) is 4.90. The van der Waals surface area contributed by atoms with Gasteiger partial charge in [-0.1, -0.05) is 23.7 Å². The molecule has 0 bridgehead atoms. The van der Waals surface area contributed by atoms with Crippen molar-refractivity contribution in [2.45, 2.75) is 17.6 Å². The van der Waals surface area contributed by atoms with Crippen LogP contribution in [0.1, 0.15) is 16.7 Å². The highest BCUT2D eigenvalue weighted by atomic mass is 35.5. The minimum atomic E-state index is -1.22. The van der Waals surface area contributed by atoms with Gasteiger partial charge in [-0.3, -0.25) is 4.21 Å². The van der Waals surface area contributed by atoms with E-state index >= 15 is 0 Å². The number of nitrogens with two attached hydrogens (primary N) is 1. The van der Waals surface area contributed by atoms with E-state index in [9.17, 15) is 4.21 Å². The predicted molar refractivity (Wildman–Crippen MR) is 81.9 cm³/mol. The number of nitrogens with zero attached hydrogens (tertiary/aromatic N) is 1. The van der Waals surface area contributed by atoms with Crippen LogP contribution in [-0.4, -0.2) is 4.21 Å². The Kier molecular flexibility index (Phi) is 4.43. The number of halogens is 1. The Morgan fingerprint density at radius 3 is 2.75 bits per heavy atom. The minimum Gasteiger partial charge on any atom is -0.398 e. The molecule has 0 saturated carbocycles. The Balaban J connectivity index is 2.29. The third kappa shape index (κ3) is 3.01. The molecule has 0 aliphatic carbocycles. The lowest BCUT2D eigenvalue weighted by Crippen LogP contribution is -2.02. The highest BCUT2D eigenvalue weighted by Crippen LogP contribution is 2.24. The van der Waals surface area contributed by atoms with Crippen molar-refractivity contribution in [3.05, 3.63) is 58.1 Å². The highest BCUT2D eigenvalue weighted by Gasteiger charge is 2.12. The van der Waals surface area contributed by atoms with Gasteiger partial charge in [0.1, 0.15) is 0 Å². The SMILES string of the molecule is Cc1c(N)cccc1S(=O)Cc1ccc(C#N)cc1Cl. The van der Waals surface area contributed by atoms with Crippen LogP contribution in [0.5, 0.6) is 0 Å². The molecule has 0 fully saturated rings. The van der Waals surface area contributed by atoms with Gasteiger partial charge in [0, 0.05) is 15.6 Å². The molecule has 0 saturated heterocycles. The van der Waals surface area contributed by atoms with Crippen LogP contribution in [0.2, 0.25) is 5.02 Å². The Morgan fingerprint density at radius 1 is 1.35 bits per heavy atom. The summed E-state index contributed by atoms with van der Waals surface area (Å²) in [5.74, 6) is 0.300. The molecule has 0 aliphatic heterocycles. The van der Waals surface area contributed by atoms with Crippen molar-refractivity contribution in [2.75, 3.05) is 5.73 Å². The van der Waals surface area contributed by atoms with E-state index in [1.807, 2.05) is 13.0 Å². The maximum absolute atomic E-state index is 12.4. The van der Waals surface area contributed by atoms with Crippen molar-refractivity contribution < 1.29 is 4.21 Å². The fraction of sp³-hybridized carbons (Fsp3) is 0.133. The van der Waals surface area contributed by atoms with E-state index in [1.165, 1.54) is 0 Å². The van der Waals surface area contributed by atoms with Gasteiger partial charge in [-0.25, -0.2) is 0 Å². The van der Waals surface area contributed by atoms with Crippen LogP contribution in [0.25, 0.3) is 0 Å². The predicted octanol–water partition coefficient (Wildman–Crippen LogP) is 3.41. The van der Waals surface area contributed by atoms with Crippen LogP contribution in [0.3, 0.4) is 0 Å². The Labute approximate surface area is 125 Å². The van der Waals surface area contributed by atoms with E-state index < -0.39 is 10.8 Å². The molecule has 0 aliphatic rings. The second-order valence-electron chi connectivity index (χ2n) is 4.38. The van der Waals surface area contributed by atoms with Crippen molar-refractivity contribution in [3.63, 3.8) is 0 Å². The summed E-state index contributed by atoms with van der Waals surface area (Å²) in [5, 5.41) is 9.25. The molecule has 2 rings (SSSR count). The molecule has 0 radical (unpaired) electrons. The summed E-state index contributed by atoms with van der Waals surface area (Å²) in [5.41, 5.74) is 8.52. The lowest BCUT2D eigenvalue weighted by atomic mass is 10.2. The molecule has 20 heavy (non-hydrogen) atoms. The first kappa shape index (κ1) is 14.6. The molecule has 0 aromatic heterocycles. The number of hydrogen-bond donors (Lipinski definition) is 1. The monoisotopic (exact) mass is 304 g/mol. The van der Waals surface area contributed by atoms with Gasteiger partial charge in [0.15, 0.2) is 0 Å². The second-order valence-corrected chi connectivity index (χ2v) is 6.20. The van der Waals surface area contributed by atoms with E-state index in [1.54, 1.807) is 36.4 Å². The number of nitrogen functional groups attached to an aromatic ring is 1. The van der Waals surface area contributed by atoms with Gasteiger partial charge in [-0.15, -0.1) is 0 Å². The Morgan fingerprint density at radius 2 is 2.10 bits per heavy atom. The van der Waals surface area contributed by atoms with Gasteiger partial charge in [-0.05, 0) is 42.3 Å². The summed E-state index contributed by atoms with van der Waals surface area (Å²) in [6, 6.07) is 12.4. The molecular formula is C15H13ClN2OS. The molecule has 2 aromatic carbocycles. The second kappa shape index (κ2) is 6.08. The molecule has 0 amide bonds. The lowest BCUT2D eigenvalue weighted by Gasteiger charge is -2.09. The van der Waals surface area contributed by atoms with E-state index in [0.717, 1.165) is 11.1 Å². The number of anilines is 1. The van der Waals surface area contributed by atoms with E-state index in [2.05, 4.69) is 0 Å². The average molecular weight is 305 g/mol. The smallest absolute Gasteiger partial charge is 0.0992 e. The number of nitriles is 1. The van der Waals surface area contributed by atoms with Crippen molar-refractivity contribution >= 4 is 28.1 Å². The summed E-state index contributed by atoms with van der Waals surface area (Å²) in [6.45, 7) is 1.85. The number of hydrogen-bond acceptors (Lipinski definition) is 3. The summed E-state index contributed by atoms with van der Waals surface area (Å²) in [6.07, 6.45) is 0. The highest BCUT2D eigenvalue weighted by molar-refractivity contribution is 7.84. The molecule has 0 heterocycles. The molecule has 5 heteroatoms. The molecular weight excluding hydrogens is 292 g/mol. The first-order valence-electron chi connectivity index (χ1n) is 5.95. The van der Waals surface area contributed by atoms with Crippen molar-refractivity contribution in [3.8, 4) is 6.07 Å². The van der Waals surface area contributed by atoms with Crippen molar-refractivity contribution in [1.82, 2.24) is 0 Å². The van der Waals surface area contributed by atoms with Crippen LogP contribution in [0.4, 0.5) is 5.69 Å². The quantitative estimate of drug-likeness (QED) is 0.884. The molecule has 1 atom stereocenters. The van der Waals surface area contributed by atoms with Gasteiger partial charge in [0.05, 0.1) is 28.2 Å². The Hall–Kier alpha value is -1.83. The summed E-state index contributed by atoms with van der Waals surface area (Å²) < 4.78 is 12.4. The first-order chi connectivity index (χ1) is 9.52. The fourth-order valence-electron chi connectivity index (χ4n) is 1.83. The molecule has 102 valence electrons. The zero-order valence-corrected chi connectivity index (χ0v) is 12.5. The zero-order chi connectivity index (χ0) is 14.7. The van der Waals surface area contributed by atoms with Crippen molar-refractivity contribution in [1.29, 1.82) is 5.26 Å².